The Morgan fingerprint density at radius 1 is 1.60 bits per heavy atom. The molecule has 0 saturated heterocycles. The van der Waals surface area contributed by atoms with Gasteiger partial charge in [-0.3, -0.25) is 4.79 Å². The number of aryl methyl sites for hydroxylation is 1. The Bertz CT molecular complexity index is 364. The number of hydrogen-bond donors (Lipinski definition) is 3. The van der Waals surface area contributed by atoms with E-state index < -0.39 is 0 Å². The van der Waals surface area contributed by atoms with E-state index >= 15 is 0 Å². The van der Waals surface area contributed by atoms with Crippen LogP contribution in [-0.4, -0.2) is 23.7 Å². The summed E-state index contributed by atoms with van der Waals surface area (Å²) in [4.78, 5) is 11.7. The van der Waals surface area contributed by atoms with Gasteiger partial charge in [-0.1, -0.05) is 12.1 Å². The van der Waals surface area contributed by atoms with Gasteiger partial charge in [-0.25, -0.2) is 0 Å². The summed E-state index contributed by atoms with van der Waals surface area (Å²) in [5.74, 6) is -0.252. The summed E-state index contributed by atoms with van der Waals surface area (Å²) in [6.07, 6.45) is 0. The maximum atomic E-state index is 11.7. The smallest absolute Gasteiger partial charge is 0.253 e. The number of amides is 1. The van der Waals surface area contributed by atoms with E-state index in [1.807, 2.05) is 13.0 Å². The summed E-state index contributed by atoms with van der Waals surface area (Å²) in [7, 11) is 0. The monoisotopic (exact) mass is 208 g/mol. The average molecular weight is 208 g/mol. The molecule has 4 N–H and O–H groups in total. The maximum absolute atomic E-state index is 11.7. The van der Waals surface area contributed by atoms with Crippen LogP contribution in [-0.2, 0) is 0 Å². The number of rotatable bonds is 3. The molecular weight excluding hydrogens is 192 g/mol. The lowest BCUT2D eigenvalue weighted by Gasteiger charge is -2.12. The molecule has 0 aliphatic carbocycles. The first-order chi connectivity index (χ1) is 7.06. The molecule has 0 aromatic heterocycles. The fourth-order valence-electron chi connectivity index (χ4n) is 1.23. The second kappa shape index (κ2) is 4.79. The zero-order chi connectivity index (χ0) is 11.4. The summed E-state index contributed by atoms with van der Waals surface area (Å²) >= 11 is 0. The highest BCUT2D eigenvalue weighted by atomic mass is 16.3. The molecule has 82 valence electrons. The number of nitrogens with two attached hydrogens (primary N) is 1. The predicted octanol–water partition coefficient (Wildman–Crippen LogP) is 0.688. The average Bonchev–Trinajstić information content (AvgIpc) is 2.21. The van der Waals surface area contributed by atoms with Crippen molar-refractivity contribution in [2.75, 3.05) is 12.3 Å². The molecule has 0 aliphatic heterocycles. The van der Waals surface area contributed by atoms with Crippen LogP contribution < -0.4 is 11.1 Å². The third-order valence-corrected chi connectivity index (χ3v) is 2.22. The molecule has 1 unspecified atom stereocenters. The van der Waals surface area contributed by atoms with Crippen molar-refractivity contribution in [1.29, 1.82) is 0 Å². The second-order valence-corrected chi connectivity index (χ2v) is 3.59. The third-order valence-electron chi connectivity index (χ3n) is 2.22. The van der Waals surface area contributed by atoms with Crippen molar-refractivity contribution < 1.29 is 9.90 Å². The van der Waals surface area contributed by atoms with Gasteiger partial charge in [0.15, 0.2) is 0 Å². The van der Waals surface area contributed by atoms with Crippen molar-refractivity contribution in [3.63, 3.8) is 0 Å². The van der Waals surface area contributed by atoms with E-state index in [-0.39, 0.29) is 18.6 Å². The third kappa shape index (κ3) is 2.70. The van der Waals surface area contributed by atoms with Crippen LogP contribution in [0, 0.1) is 6.92 Å². The van der Waals surface area contributed by atoms with E-state index in [1.165, 1.54) is 0 Å². The van der Waals surface area contributed by atoms with Gasteiger partial charge >= 0.3 is 0 Å². The van der Waals surface area contributed by atoms with E-state index in [9.17, 15) is 4.79 Å². The summed E-state index contributed by atoms with van der Waals surface area (Å²) in [6.45, 7) is 3.49. The Hall–Kier alpha value is -1.55. The molecule has 0 bridgehead atoms. The number of hydrogen-bond acceptors (Lipinski definition) is 3. The first kappa shape index (κ1) is 11.5. The van der Waals surface area contributed by atoms with Crippen molar-refractivity contribution in [3.05, 3.63) is 29.3 Å². The predicted molar refractivity (Wildman–Crippen MR) is 59.6 cm³/mol. The number of para-hydroxylation sites is 1. The number of aliphatic hydroxyl groups is 1. The fraction of sp³-hybridized carbons (Fsp3) is 0.364. The number of nitrogen functional groups attached to an aromatic ring is 1. The van der Waals surface area contributed by atoms with Crippen LogP contribution in [0.2, 0.25) is 0 Å². The Balaban J connectivity index is 2.87. The minimum absolute atomic E-state index is 0.0859. The molecular formula is C11H16N2O2. The zero-order valence-electron chi connectivity index (χ0n) is 8.95. The highest BCUT2D eigenvalue weighted by Gasteiger charge is 2.12. The molecule has 0 aliphatic rings. The molecule has 1 aromatic carbocycles. The second-order valence-electron chi connectivity index (χ2n) is 3.59. The minimum atomic E-state index is -0.266. The van der Waals surface area contributed by atoms with E-state index in [0.717, 1.165) is 5.56 Å². The van der Waals surface area contributed by atoms with Crippen LogP contribution in [0.25, 0.3) is 0 Å². The summed E-state index contributed by atoms with van der Waals surface area (Å²) < 4.78 is 0. The fourth-order valence-corrected chi connectivity index (χ4v) is 1.23. The lowest BCUT2D eigenvalue weighted by Crippen LogP contribution is -2.35. The van der Waals surface area contributed by atoms with E-state index in [1.54, 1.807) is 19.1 Å². The van der Waals surface area contributed by atoms with Gasteiger partial charge in [-0.05, 0) is 25.5 Å². The molecule has 4 heteroatoms. The van der Waals surface area contributed by atoms with Crippen LogP contribution in [0.4, 0.5) is 5.69 Å². The Kier molecular flexibility index (Phi) is 3.68. The van der Waals surface area contributed by atoms with Gasteiger partial charge in [0, 0.05) is 11.7 Å². The standard InChI is InChI=1S/C11H16N2O2/c1-7-4-3-5-9(10(7)12)11(15)13-8(2)6-14/h3-5,8,14H,6,12H2,1-2H3,(H,13,15). The molecule has 1 atom stereocenters. The summed E-state index contributed by atoms with van der Waals surface area (Å²) in [5.41, 5.74) is 7.59. The van der Waals surface area contributed by atoms with Crippen LogP contribution in [0.15, 0.2) is 18.2 Å². The molecule has 0 spiro atoms. The number of nitrogens with one attached hydrogen (secondary N) is 1. The van der Waals surface area contributed by atoms with Gasteiger partial charge in [-0.15, -0.1) is 0 Å². The Morgan fingerprint density at radius 3 is 2.87 bits per heavy atom. The highest BCUT2D eigenvalue weighted by Crippen LogP contribution is 2.16. The summed E-state index contributed by atoms with van der Waals surface area (Å²) in [6, 6.07) is 5.03. The number of anilines is 1. The molecule has 1 rings (SSSR count). The molecule has 1 amide bonds. The van der Waals surface area contributed by atoms with Gasteiger partial charge in [-0.2, -0.15) is 0 Å². The quantitative estimate of drug-likeness (QED) is 0.640. The lowest BCUT2D eigenvalue weighted by atomic mass is 10.1. The van der Waals surface area contributed by atoms with Crippen molar-refractivity contribution in [1.82, 2.24) is 5.32 Å². The van der Waals surface area contributed by atoms with Crippen LogP contribution in [0.3, 0.4) is 0 Å². The van der Waals surface area contributed by atoms with Crippen molar-refractivity contribution in [2.24, 2.45) is 0 Å². The van der Waals surface area contributed by atoms with Crippen LogP contribution in [0.1, 0.15) is 22.8 Å². The van der Waals surface area contributed by atoms with Crippen molar-refractivity contribution >= 4 is 11.6 Å². The Morgan fingerprint density at radius 2 is 2.27 bits per heavy atom. The van der Waals surface area contributed by atoms with E-state index in [4.69, 9.17) is 10.8 Å². The molecule has 0 radical (unpaired) electrons. The first-order valence-corrected chi connectivity index (χ1v) is 4.83. The zero-order valence-corrected chi connectivity index (χ0v) is 8.95. The van der Waals surface area contributed by atoms with Gasteiger partial charge in [0.1, 0.15) is 0 Å². The number of carbonyl (C=O) groups is 1. The Labute approximate surface area is 89.1 Å². The summed E-state index contributed by atoms with van der Waals surface area (Å²) in [5, 5.41) is 11.5. The van der Waals surface area contributed by atoms with Crippen molar-refractivity contribution in [2.45, 2.75) is 19.9 Å². The largest absolute Gasteiger partial charge is 0.398 e. The molecule has 15 heavy (non-hydrogen) atoms. The van der Waals surface area contributed by atoms with E-state index in [0.29, 0.717) is 11.3 Å². The molecule has 0 saturated carbocycles. The van der Waals surface area contributed by atoms with Crippen LogP contribution in [0.5, 0.6) is 0 Å². The number of aliphatic hydroxyl groups excluding tert-OH is 1. The van der Waals surface area contributed by atoms with Gasteiger partial charge < -0.3 is 16.2 Å². The first-order valence-electron chi connectivity index (χ1n) is 4.83. The van der Waals surface area contributed by atoms with Gasteiger partial charge in [0.2, 0.25) is 0 Å². The molecule has 0 heterocycles. The molecule has 1 aromatic rings. The van der Waals surface area contributed by atoms with Gasteiger partial charge in [0.05, 0.1) is 12.2 Å². The van der Waals surface area contributed by atoms with E-state index in [2.05, 4.69) is 5.32 Å². The van der Waals surface area contributed by atoms with Crippen LogP contribution >= 0.6 is 0 Å². The normalized spacial score (nSPS) is 12.2. The molecule has 4 nitrogen and oxygen atoms in total. The number of carbonyl (C=O) groups excluding carboxylic acids is 1. The SMILES string of the molecule is Cc1cccc(C(=O)NC(C)CO)c1N. The lowest BCUT2D eigenvalue weighted by molar-refractivity contribution is 0.0923. The maximum Gasteiger partial charge on any atom is 0.253 e. The number of benzene rings is 1. The topological polar surface area (TPSA) is 75.3 Å². The highest BCUT2D eigenvalue weighted by molar-refractivity contribution is 5.99. The van der Waals surface area contributed by atoms with Crippen molar-refractivity contribution in [3.8, 4) is 0 Å². The minimum Gasteiger partial charge on any atom is -0.398 e. The molecule has 0 fully saturated rings. The van der Waals surface area contributed by atoms with Gasteiger partial charge in [0.25, 0.3) is 5.91 Å².